The van der Waals surface area contributed by atoms with Gasteiger partial charge in [0.15, 0.2) is 0 Å². The molecule has 10 nitrogen and oxygen atoms in total. The van der Waals surface area contributed by atoms with Crippen LogP contribution in [0.5, 0.6) is 0 Å². The Kier molecular flexibility index (Phi) is 8.66. The minimum absolute atomic E-state index is 0.0699. The van der Waals surface area contributed by atoms with Gasteiger partial charge in [-0.3, -0.25) is 9.59 Å². The summed E-state index contributed by atoms with van der Waals surface area (Å²) in [7, 11) is 0. The monoisotopic (exact) mass is 598 g/mol. The molecule has 4 aromatic rings. The van der Waals surface area contributed by atoms with E-state index in [1.807, 2.05) is 64.2 Å². The van der Waals surface area contributed by atoms with E-state index < -0.39 is 11.9 Å². The summed E-state index contributed by atoms with van der Waals surface area (Å²) >= 11 is 0. The normalized spacial score (nSPS) is 16.4. The molecule has 8 bridgehead atoms. The molecule has 0 saturated carbocycles. The van der Waals surface area contributed by atoms with Gasteiger partial charge in [-0.05, 0) is 92.3 Å². The molecule has 0 unspecified atom stereocenters. The van der Waals surface area contributed by atoms with Crippen LogP contribution in [0.15, 0.2) is 0 Å². The van der Waals surface area contributed by atoms with E-state index in [2.05, 4.69) is 19.9 Å². The Bertz CT molecular complexity index is 2150. The quantitative estimate of drug-likeness (QED) is 0.123. The zero-order valence-electron chi connectivity index (χ0n) is 25.3. The number of fused-ring (bicyclic) bond motifs is 8. The first-order valence-corrected chi connectivity index (χ1v) is 14.7. The average Bonchev–Trinajstić information content (AvgIpc) is 3.67. The van der Waals surface area contributed by atoms with Crippen LogP contribution >= 0.6 is 0 Å². The summed E-state index contributed by atoms with van der Waals surface area (Å²) in [4.78, 5) is 37.0. The second-order valence-electron chi connectivity index (χ2n) is 11.1. The molecule has 0 atom stereocenters. The van der Waals surface area contributed by atoms with Crippen LogP contribution < -0.4 is 31.8 Å². The molecule has 0 radical (unpaired) electrons. The number of carbonyl (C=O) groups is 2. The summed E-state index contributed by atoms with van der Waals surface area (Å²) in [6.45, 7) is 7.36. The molecule has 0 amide bonds. The van der Waals surface area contributed by atoms with E-state index in [0.717, 1.165) is 60.1 Å². The number of carboxylic acid groups (broad SMARTS) is 2. The number of aromatic amines is 4. The molecule has 0 fully saturated rings. The van der Waals surface area contributed by atoms with Crippen LogP contribution in [0.2, 0.25) is 0 Å². The summed E-state index contributed by atoms with van der Waals surface area (Å²) in [6.07, 6.45) is 12.0. The van der Waals surface area contributed by atoms with E-state index in [0.29, 0.717) is 27.9 Å². The number of H-pyrrole nitrogens is 4. The minimum atomic E-state index is -0.948. The first kappa shape index (κ1) is 30.7. The van der Waals surface area contributed by atoms with Crippen molar-refractivity contribution in [2.75, 3.05) is 0 Å². The molecule has 10 heteroatoms. The number of hydrogen-bond donors (Lipinski definition) is 8. The number of aliphatic hydroxyl groups is 2. The number of rotatable bonds is 8. The molecule has 44 heavy (non-hydrogen) atoms. The first-order chi connectivity index (χ1) is 21.1. The predicted octanol–water partition coefficient (Wildman–Crippen LogP) is -0.136. The number of nitrogens with one attached hydrogen (secondary N) is 4. The third kappa shape index (κ3) is 5.61. The SMILES string of the molecule is C/C=c1/c(CO)c2[nH]/c1=C\c1[nH]c(/c(=C/C)c1C)=C\c1[nH]c(c(CCC(=O)O)c1CO)/C=c1\[nH]/c(c(C)c1CCC(=O)O)=C\2. The van der Waals surface area contributed by atoms with Crippen molar-refractivity contribution in [3.05, 3.63) is 88.0 Å². The molecule has 0 aliphatic carbocycles. The lowest BCUT2D eigenvalue weighted by atomic mass is 10.0. The lowest BCUT2D eigenvalue weighted by Gasteiger charge is -2.03. The van der Waals surface area contributed by atoms with Crippen molar-refractivity contribution < 1.29 is 30.0 Å². The highest BCUT2D eigenvalue weighted by Crippen LogP contribution is 2.23. The number of carboxylic acids is 2. The fourth-order valence-corrected chi connectivity index (χ4v) is 6.26. The van der Waals surface area contributed by atoms with Gasteiger partial charge in [-0.15, -0.1) is 0 Å². The van der Waals surface area contributed by atoms with Gasteiger partial charge in [0.05, 0.1) is 13.2 Å². The van der Waals surface area contributed by atoms with Crippen LogP contribution in [0.4, 0.5) is 0 Å². The Morgan fingerprint density at radius 3 is 1.70 bits per heavy atom. The molecule has 5 rings (SSSR count). The lowest BCUT2D eigenvalue weighted by Crippen LogP contribution is -2.25. The molecule has 0 saturated heterocycles. The van der Waals surface area contributed by atoms with Crippen molar-refractivity contribution in [1.82, 2.24) is 19.9 Å². The van der Waals surface area contributed by atoms with E-state index in [9.17, 15) is 30.0 Å². The zero-order chi connectivity index (χ0) is 31.7. The number of aliphatic hydroxyl groups excluding tert-OH is 2. The number of aliphatic carboxylic acids is 2. The molecule has 4 aromatic heterocycles. The molecule has 230 valence electrons. The van der Waals surface area contributed by atoms with Gasteiger partial charge < -0.3 is 40.4 Å². The van der Waals surface area contributed by atoms with Crippen LogP contribution in [0, 0.1) is 13.8 Å². The molecule has 1 aliphatic heterocycles. The van der Waals surface area contributed by atoms with E-state index >= 15 is 0 Å². The van der Waals surface area contributed by atoms with Gasteiger partial charge >= 0.3 is 11.9 Å². The van der Waals surface area contributed by atoms with Crippen molar-refractivity contribution in [1.29, 1.82) is 0 Å². The summed E-state index contributed by atoms with van der Waals surface area (Å²) < 4.78 is 0. The Morgan fingerprint density at radius 2 is 1.09 bits per heavy atom. The molecular weight excluding hydrogens is 560 g/mol. The van der Waals surface area contributed by atoms with Crippen molar-refractivity contribution >= 4 is 48.4 Å². The maximum Gasteiger partial charge on any atom is 0.303 e. The largest absolute Gasteiger partial charge is 0.481 e. The van der Waals surface area contributed by atoms with Crippen LogP contribution in [-0.2, 0) is 35.6 Å². The molecule has 8 N–H and O–H groups in total. The molecule has 5 heterocycles. The zero-order valence-corrected chi connectivity index (χ0v) is 25.3. The lowest BCUT2D eigenvalue weighted by molar-refractivity contribution is -0.138. The van der Waals surface area contributed by atoms with E-state index in [1.165, 1.54) is 0 Å². The second-order valence-corrected chi connectivity index (χ2v) is 11.1. The Hall–Kier alpha value is -4.80. The smallest absolute Gasteiger partial charge is 0.303 e. The Labute approximate surface area is 252 Å². The third-order valence-electron chi connectivity index (χ3n) is 8.54. The molecule has 1 aliphatic rings. The standard InChI is InChI=1S/C34H38N4O6/c1-5-19-17(3)25-11-28-20(6-2)23(15-39)31(37-28)12-26-18(4)21(7-9-33(41)42)29(36-26)14-30-22(8-10-34(43)44)24(16-40)32(38-30)13-27(19)35-25/h5-6,11-14,35-40H,7-10,15-16H2,1-4H3,(H,41,42)(H,43,44)/b19-5+,20-6-,26-12-,27-13-,28-11-,29-14-. The Morgan fingerprint density at radius 1 is 0.591 bits per heavy atom. The van der Waals surface area contributed by atoms with Crippen LogP contribution in [0.25, 0.3) is 36.5 Å². The number of hydrogen-bond acceptors (Lipinski definition) is 4. The minimum Gasteiger partial charge on any atom is -0.481 e. The van der Waals surface area contributed by atoms with E-state index in [4.69, 9.17) is 0 Å². The van der Waals surface area contributed by atoms with Gasteiger partial charge in [0.1, 0.15) is 0 Å². The molecule has 0 aromatic carbocycles. The van der Waals surface area contributed by atoms with Gasteiger partial charge in [-0.2, -0.15) is 0 Å². The van der Waals surface area contributed by atoms with Gasteiger partial charge in [0.2, 0.25) is 0 Å². The van der Waals surface area contributed by atoms with Gasteiger partial charge in [0, 0.05) is 73.4 Å². The molecular formula is C34H38N4O6. The predicted molar refractivity (Wildman–Crippen MR) is 169 cm³/mol. The van der Waals surface area contributed by atoms with Crippen molar-refractivity contribution in [2.45, 2.75) is 66.6 Å². The maximum absolute atomic E-state index is 11.6. The molecule has 0 spiro atoms. The topological polar surface area (TPSA) is 178 Å². The fraction of sp³-hybridized carbons (Fsp3) is 0.294. The van der Waals surface area contributed by atoms with Gasteiger partial charge in [-0.25, -0.2) is 0 Å². The van der Waals surface area contributed by atoms with Crippen LogP contribution in [-0.4, -0.2) is 52.3 Å². The maximum atomic E-state index is 11.6. The van der Waals surface area contributed by atoms with Crippen molar-refractivity contribution in [2.24, 2.45) is 0 Å². The van der Waals surface area contributed by atoms with E-state index in [-0.39, 0.29) is 38.9 Å². The highest BCUT2D eigenvalue weighted by atomic mass is 16.4. The Balaban J connectivity index is 1.97. The van der Waals surface area contributed by atoms with Crippen LogP contribution in [0.1, 0.15) is 82.8 Å². The number of aromatic nitrogens is 4. The summed E-state index contributed by atoms with van der Waals surface area (Å²) in [6, 6.07) is 0. The summed E-state index contributed by atoms with van der Waals surface area (Å²) in [5.41, 5.74) is 7.63. The fourth-order valence-electron chi connectivity index (χ4n) is 6.26. The van der Waals surface area contributed by atoms with E-state index in [1.54, 1.807) is 0 Å². The highest BCUT2D eigenvalue weighted by molar-refractivity contribution is 5.70. The summed E-state index contributed by atoms with van der Waals surface area (Å²) in [5.74, 6) is -1.86. The highest BCUT2D eigenvalue weighted by Gasteiger charge is 2.18. The van der Waals surface area contributed by atoms with Crippen molar-refractivity contribution in [3.63, 3.8) is 0 Å². The van der Waals surface area contributed by atoms with Gasteiger partial charge in [0.25, 0.3) is 0 Å². The van der Waals surface area contributed by atoms with Crippen LogP contribution in [0.3, 0.4) is 0 Å². The average molecular weight is 599 g/mol. The summed E-state index contributed by atoms with van der Waals surface area (Å²) in [5, 5.41) is 44.8. The first-order valence-electron chi connectivity index (χ1n) is 14.7. The second kappa shape index (κ2) is 12.4. The van der Waals surface area contributed by atoms with Gasteiger partial charge in [-0.1, -0.05) is 12.2 Å². The third-order valence-corrected chi connectivity index (χ3v) is 8.54. The van der Waals surface area contributed by atoms with Crippen molar-refractivity contribution in [3.8, 4) is 0 Å².